The first kappa shape index (κ1) is 23.5. The molecular weight excluding hydrogens is 328 g/mol. The van der Waals surface area contributed by atoms with Crippen LogP contribution in [0, 0.1) is 5.41 Å². The highest BCUT2D eigenvalue weighted by Gasteiger charge is 2.32. The second-order valence-corrected chi connectivity index (χ2v) is 5.28. The number of rotatable bonds is 18. The van der Waals surface area contributed by atoms with Crippen LogP contribution in [-0.4, -0.2) is 66.1 Å². The predicted molar refractivity (Wildman–Crippen MR) is 95.6 cm³/mol. The van der Waals surface area contributed by atoms with Crippen molar-refractivity contribution in [3.8, 4) is 0 Å². The third-order valence-electron chi connectivity index (χ3n) is 3.08. The van der Waals surface area contributed by atoms with E-state index in [-0.39, 0.29) is 5.41 Å². The zero-order valence-corrected chi connectivity index (χ0v) is 15.5. The minimum Gasteiger partial charge on any atom is -0.497 e. The van der Waals surface area contributed by atoms with Gasteiger partial charge in [0, 0.05) is 25.6 Å². The van der Waals surface area contributed by atoms with Crippen LogP contribution in [0.15, 0.2) is 24.9 Å². The Morgan fingerprint density at radius 1 is 0.640 bits per heavy atom. The minimum absolute atomic E-state index is 0.389. The molecule has 0 atom stereocenters. The van der Waals surface area contributed by atoms with Gasteiger partial charge in [0.25, 0.3) is 0 Å². The van der Waals surface area contributed by atoms with Crippen molar-refractivity contribution < 1.29 is 28.4 Å². The highest BCUT2D eigenvalue weighted by molar-refractivity contribution is 4.79. The third-order valence-corrected chi connectivity index (χ3v) is 3.08. The average molecular weight is 362 g/mol. The van der Waals surface area contributed by atoms with Gasteiger partial charge in [-0.25, -0.2) is 0 Å². The molecule has 0 aliphatic carbocycles. The summed E-state index contributed by atoms with van der Waals surface area (Å²) in [6.45, 7) is 8.70. The topological polar surface area (TPSA) is 107 Å². The zero-order chi connectivity index (χ0) is 18.6. The fourth-order valence-corrected chi connectivity index (χ4v) is 1.93. The molecule has 0 aliphatic rings. The van der Waals surface area contributed by atoms with Crippen LogP contribution in [0.2, 0.25) is 0 Å². The van der Waals surface area contributed by atoms with Gasteiger partial charge in [0.05, 0.1) is 57.6 Å². The molecule has 0 spiro atoms. The van der Waals surface area contributed by atoms with E-state index in [1.807, 2.05) is 13.8 Å². The summed E-state index contributed by atoms with van der Waals surface area (Å²) in [6.07, 6.45) is 5.53. The van der Waals surface area contributed by atoms with E-state index in [0.717, 1.165) is 0 Å². The van der Waals surface area contributed by atoms with Crippen LogP contribution in [0.1, 0.15) is 13.8 Å². The Balaban J connectivity index is 4.44. The Hall–Kier alpha value is -1.48. The molecule has 0 aromatic heterocycles. The molecule has 0 aromatic rings. The van der Waals surface area contributed by atoms with Gasteiger partial charge in [-0.05, 0) is 13.8 Å². The van der Waals surface area contributed by atoms with E-state index in [0.29, 0.717) is 66.1 Å². The quantitative estimate of drug-likeness (QED) is 0.274. The molecule has 25 heavy (non-hydrogen) atoms. The molecule has 0 saturated carbocycles. The van der Waals surface area contributed by atoms with Gasteiger partial charge in [-0.3, -0.25) is 0 Å². The fourth-order valence-electron chi connectivity index (χ4n) is 1.93. The number of nitrogens with two attached hydrogens (primary N) is 2. The highest BCUT2D eigenvalue weighted by Crippen LogP contribution is 2.20. The third kappa shape index (κ3) is 13.5. The molecule has 0 heterocycles. The van der Waals surface area contributed by atoms with Crippen molar-refractivity contribution in [1.82, 2.24) is 0 Å². The SMILES string of the molecule is CCOCC(COCC)(COCCO/C=C\N)COCCO/C=C\N. The van der Waals surface area contributed by atoms with Crippen LogP contribution in [0.25, 0.3) is 0 Å². The molecule has 148 valence electrons. The summed E-state index contributed by atoms with van der Waals surface area (Å²) in [5.41, 5.74) is 10.0. The molecule has 0 bridgehead atoms. The first-order valence-electron chi connectivity index (χ1n) is 8.52. The first-order chi connectivity index (χ1) is 12.2. The van der Waals surface area contributed by atoms with E-state index in [2.05, 4.69) is 0 Å². The van der Waals surface area contributed by atoms with Gasteiger partial charge in [-0.2, -0.15) is 0 Å². The number of ether oxygens (including phenoxy) is 6. The maximum absolute atomic E-state index is 5.74. The van der Waals surface area contributed by atoms with Crippen LogP contribution in [-0.2, 0) is 28.4 Å². The molecule has 0 aliphatic heterocycles. The van der Waals surface area contributed by atoms with Crippen molar-refractivity contribution >= 4 is 0 Å². The van der Waals surface area contributed by atoms with Gasteiger partial charge in [-0.15, -0.1) is 0 Å². The van der Waals surface area contributed by atoms with E-state index in [1.54, 1.807) is 0 Å². The Bertz CT molecular complexity index is 307. The fraction of sp³-hybridized carbons (Fsp3) is 0.765. The van der Waals surface area contributed by atoms with Gasteiger partial charge in [0.1, 0.15) is 13.2 Å². The number of hydrogen-bond donors (Lipinski definition) is 2. The van der Waals surface area contributed by atoms with E-state index in [4.69, 9.17) is 39.9 Å². The smallest absolute Gasteiger partial charge is 0.111 e. The lowest BCUT2D eigenvalue weighted by atomic mass is 9.92. The van der Waals surface area contributed by atoms with Crippen LogP contribution < -0.4 is 11.5 Å². The van der Waals surface area contributed by atoms with Crippen LogP contribution >= 0.6 is 0 Å². The molecule has 0 fully saturated rings. The number of hydrogen-bond acceptors (Lipinski definition) is 8. The van der Waals surface area contributed by atoms with E-state index in [1.165, 1.54) is 24.9 Å². The Labute approximate surface area is 151 Å². The van der Waals surface area contributed by atoms with Gasteiger partial charge < -0.3 is 39.9 Å². The summed E-state index contributed by atoms with van der Waals surface area (Å²) in [6, 6.07) is 0. The molecule has 0 saturated heterocycles. The maximum atomic E-state index is 5.74. The van der Waals surface area contributed by atoms with Crippen molar-refractivity contribution in [1.29, 1.82) is 0 Å². The average Bonchev–Trinajstić information content (AvgIpc) is 2.63. The zero-order valence-electron chi connectivity index (χ0n) is 15.5. The summed E-state index contributed by atoms with van der Waals surface area (Å²) < 4.78 is 33.0. The van der Waals surface area contributed by atoms with E-state index >= 15 is 0 Å². The second kappa shape index (κ2) is 17.3. The molecule has 8 nitrogen and oxygen atoms in total. The van der Waals surface area contributed by atoms with E-state index < -0.39 is 0 Å². The van der Waals surface area contributed by atoms with Gasteiger partial charge >= 0.3 is 0 Å². The van der Waals surface area contributed by atoms with Crippen LogP contribution in [0.5, 0.6) is 0 Å². The summed E-state index contributed by atoms with van der Waals surface area (Å²) >= 11 is 0. The monoisotopic (exact) mass is 362 g/mol. The summed E-state index contributed by atoms with van der Waals surface area (Å²) in [7, 11) is 0. The van der Waals surface area contributed by atoms with Crippen LogP contribution in [0.4, 0.5) is 0 Å². The lowest BCUT2D eigenvalue weighted by molar-refractivity contribution is -0.109. The van der Waals surface area contributed by atoms with E-state index in [9.17, 15) is 0 Å². The normalized spacial score (nSPS) is 12.2. The Kier molecular flexibility index (Phi) is 16.3. The van der Waals surface area contributed by atoms with Crippen LogP contribution in [0.3, 0.4) is 0 Å². The molecule has 0 unspecified atom stereocenters. The summed E-state index contributed by atoms with van der Waals surface area (Å²) in [4.78, 5) is 0. The van der Waals surface area contributed by atoms with Gasteiger partial charge in [-0.1, -0.05) is 0 Å². The molecule has 0 aromatic carbocycles. The molecule has 0 rings (SSSR count). The van der Waals surface area contributed by atoms with Crippen molar-refractivity contribution in [3.63, 3.8) is 0 Å². The van der Waals surface area contributed by atoms with Crippen molar-refractivity contribution in [2.24, 2.45) is 16.9 Å². The molecule has 8 heteroatoms. The summed E-state index contributed by atoms with van der Waals surface area (Å²) in [5.74, 6) is 0. The van der Waals surface area contributed by atoms with Crippen molar-refractivity contribution in [3.05, 3.63) is 24.9 Å². The van der Waals surface area contributed by atoms with Gasteiger partial charge in [0.15, 0.2) is 0 Å². The summed E-state index contributed by atoms with van der Waals surface area (Å²) in [5, 5.41) is 0. The standard InChI is InChI=1S/C17H34N2O6/c1-3-20-13-17(14-21-4-2,15-24-11-9-22-7-5-18)16-25-12-10-23-8-6-19/h5-8H,3-4,9-16,18-19H2,1-2H3/b7-5-,8-6-. The first-order valence-corrected chi connectivity index (χ1v) is 8.52. The Morgan fingerprint density at radius 2 is 1.04 bits per heavy atom. The second-order valence-electron chi connectivity index (χ2n) is 5.28. The minimum atomic E-state index is -0.389. The van der Waals surface area contributed by atoms with Gasteiger partial charge in [0.2, 0.25) is 0 Å². The molecule has 0 amide bonds. The molecular formula is C17H34N2O6. The van der Waals surface area contributed by atoms with Crippen molar-refractivity contribution in [2.45, 2.75) is 13.8 Å². The highest BCUT2D eigenvalue weighted by atomic mass is 16.5. The maximum Gasteiger partial charge on any atom is 0.111 e. The van der Waals surface area contributed by atoms with Crippen molar-refractivity contribution in [2.75, 3.05) is 66.1 Å². The lowest BCUT2D eigenvalue weighted by Crippen LogP contribution is -2.42. The molecule has 0 radical (unpaired) electrons. The largest absolute Gasteiger partial charge is 0.497 e. The molecule has 4 N–H and O–H groups in total. The Morgan fingerprint density at radius 3 is 1.40 bits per heavy atom. The lowest BCUT2D eigenvalue weighted by Gasteiger charge is -2.32. The predicted octanol–water partition coefficient (Wildman–Crippen LogP) is 0.972.